The molecule has 0 radical (unpaired) electrons. The van der Waals surface area contributed by atoms with Crippen LogP contribution in [0.1, 0.15) is 10.4 Å². The lowest BCUT2D eigenvalue weighted by Crippen LogP contribution is -2.27. The van der Waals surface area contributed by atoms with Crippen LogP contribution in [-0.2, 0) is 4.79 Å². The largest absolute Gasteiger partial charge is 0.352 e. The van der Waals surface area contributed by atoms with Gasteiger partial charge in [-0.2, -0.15) is 0 Å². The van der Waals surface area contributed by atoms with E-state index in [4.69, 9.17) is 0 Å². The van der Waals surface area contributed by atoms with E-state index in [1.807, 2.05) is 0 Å². The molecule has 0 aliphatic carbocycles. The molecule has 1 aromatic carbocycles. The Labute approximate surface area is 85.1 Å². The summed E-state index contributed by atoms with van der Waals surface area (Å²) in [6.45, 7) is 0. The van der Waals surface area contributed by atoms with E-state index < -0.39 is 16.6 Å². The number of nitrogens with zero attached hydrogens (tertiary/aromatic N) is 1. The molecule has 0 fully saturated rings. The number of hydrogen-bond acceptors (Lipinski definition) is 4. The Kier molecular flexibility index (Phi) is 3.12. The van der Waals surface area contributed by atoms with Crippen LogP contribution >= 0.6 is 0 Å². The summed E-state index contributed by atoms with van der Waals surface area (Å²) in [7, 11) is 1.34. The fourth-order valence-corrected chi connectivity index (χ4v) is 0.979. The van der Waals surface area contributed by atoms with Crippen LogP contribution in [0, 0.1) is 10.1 Å². The van der Waals surface area contributed by atoms with Crippen molar-refractivity contribution in [2.75, 3.05) is 7.05 Å². The van der Waals surface area contributed by atoms with Crippen molar-refractivity contribution in [1.82, 2.24) is 5.32 Å². The Morgan fingerprint density at radius 2 is 1.80 bits per heavy atom. The first-order valence-electron chi connectivity index (χ1n) is 4.07. The van der Waals surface area contributed by atoms with Crippen molar-refractivity contribution >= 4 is 17.4 Å². The van der Waals surface area contributed by atoms with Crippen molar-refractivity contribution in [2.24, 2.45) is 0 Å². The number of ketones is 1. The molecular formula is C9H8N2O4. The zero-order valence-electron chi connectivity index (χ0n) is 7.89. The maximum Gasteiger partial charge on any atom is 0.292 e. The molecule has 6 heteroatoms. The van der Waals surface area contributed by atoms with Crippen LogP contribution in [0.25, 0.3) is 0 Å². The van der Waals surface area contributed by atoms with Gasteiger partial charge < -0.3 is 5.32 Å². The first kappa shape index (κ1) is 10.8. The average Bonchev–Trinajstić information content (AvgIpc) is 2.27. The van der Waals surface area contributed by atoms with Gasteiger partial charge in [0.2, 0.25) is 5.78 Å². The first-order valence-corrected chi connectivity index (χ1v) is 4.07. The Morgan fingerprint density at radius 1 is 1.27 bits per heavy atom. The van der Waals surface area contributed by atoms with Crippen molar-refractivity contribution in [1.29, 1.82) is 0 Å². The molecule has 1 amide bonds. The number of carbonyl (C=O) groups excluding carboxylic acids is 2. The number of rotatable bonds is 3. The van der Waals surface area contributed by atoms with E-state index in [0.717, 1.165) is 0 Å². The summed E-state index contributed by atoms with van der Waals surface area (Å²) in [6.07, 6.45) is 0. The highest BCUT2D eigenvalue weighted by atomic mass is 16.6. The molecule has 0 bridgehead atoms. The molecule has 0 spiro atoms. The van der Waals surface area contributed by atoms with Crippen LogP contribution in [0.3, 0.4) is 0 Å². The Hall–Kier alpha value is -2.24. The van der Waals surface area contributed by atoms with E-state index in [0.29, 0.717) is 0 Å². The van der Waals surface area contributed by atoms with Crippen LogP contribution in [0.2, 0.25) is 0 Å². The Morgan fingerprint density at radius 3 is 2.20 bits per heavy atom. The summed E-state index contributed by atoms with van der Waals surface area (Å²) >= 11 is 0. The van der Waals surface area contributed by atoms with Gasteiger partial charge in [0, 0.05) is 24.7 Å². The number of carbonyl (C=O) groups is 2. The first-order chi connectivity index (χ1) is 7.06. The normalized spacial score (nSPS) is 9.40. The maximum atomic E-state index is 11.3. The van der Waals surface area contributed by atoms with Crippen molar-refractivity contribution in [2.45, 2.75) is 0 Å². The number of Topliss-reactive ketones (excluding diaryl/α,β-unsaturated/α-hetero) is 1. The smallest absolute Gasteiger partial charge is 0.292 e. The molecular weight excluding hydrogens is 200 g/mol. The minimum absolute atomic E-state index is 0.122. The standard InChI is InChI=1S/C9H8N2O4/c1-10-9(13)8(12)6-2-4-7(5-3-6)11(14)15/h2-5H,1H3,(H,10,13). The molecule has 0 atom stereocenters. The molecule has 0 aromatic heterocycles. The number of nitro groups is 1. The van der Waals surface area contributed by atoms with E-state index in [1.165, 1.54) is 31.3 Å². The average molecular weight is 208 g/mol. The molecule has 0 saturated heterocycles. The summed E-state index contributed by atoms with van der Waals surface area (Å²) in [5.74, 6) is -1.46. The molecule has 0 heterocycles. The number of nitro benzene ring substituents is 1. The zero-order valence-corrected chi connectivity index (χ0v) is 7.89. The monoisotopic (exact) mass is 208 g/mol. The Bertz CT molecular complexity index is 411. The van der Waals surface area contributed by atoms with Crippen LogP contribution in [0.5, 0.6) is 0 Å². The van der Waals surface area contributed by atoms with Crippen LogP contribution in [0.4, 0.5) is 5.69 Å². The third-order valence-electron chi connectivity index (χ3n) is 1.77. The van der Waals surface area contributed by atoms with E-state index in [2.05, 4.69) is 5.32 Å². The van der Waals surface area contributed by atoms with E-state index in [1.54, 1.807) is 0 Å². The van der Waals surface area contributed by atoms with Gasteiger partial charge >= 0.3 is 0 Å². The highest BCUT2D eigenvalue weighted by Gasteiger charge is 2.15. The lowest BCUT2D eigenvalue weighted by Gasteiger charge is -1.98. The molecule has 1 N–H and O–H groups in total. The fourth-order valence-electron chi connectivity index (χ4n) is 0.979. The van der Waals surface area contributed by atoms with Crippen LogP contribution in [-0.4, -0.2) is 23.7 Å². The summed E-state index contributed by atoms with van der Waals surface area (Å²) in [6, 6.07) is 4.85. The van der Waals surface area contributed by atoms with E-state index in [9.17, 15) is 19.7 Å². The quantitative estimate of drug-likeness (QED) is 0.339. The third kappa shape index (κ3) is 2.37. The van der Waals surface area contributed by atoms with Gasteiger partial charge in [-0.1, -0.05) is 0 Å². The number of hydrogen-bond donors (Lipinski definition) is 1. The van der Waals surface area contributed by atoms with Crippen LogP contribution < -0.4 is 5.32 Å². The van der Waals surface area contributed by atoms with Gasteiger partial charge in [-0.3, -0.25) is 19.7 Å². The van der Waals surface area contributed by atoms with Gasteiger partial charge in [0.1, 0.15) is 0 Å². The Balaban J connectivity index is 2.94. The predicted molar refractivity (Wildman–Crippen MR) is 51.5 cm³/mol. The second-order valence-electron chi connectivity index (χ2n) is 2.71. The number of benzene rings is 1. The second kappa shape index (κ2) is 4.32. The molecule has 0 saturated carbocycles. The topological polar surface area (TPSA) is 89.3 Å². The minimum atomic E-state index is -0.746. The highest BCUT2D eigenvalue weighted by Crippen LogP contribution is 2.12. The minimum Gasteiger partial charge on any atom is -0.352 e. The maximum absolute atomic E-state index is 11.3. The molecule has 6 nitrogen and oxygen atoms in total. The van der Waals surface area contributed by atoms with Crippen molar-refractivity contribution < 1.29 is 14.5 Å². The SMILES string of the molecule is CNC(=O)C(=O)c1ccc([N+](=O)[O-])cc1. The number of likely N-dealkylation sites (N-methyl/N-ethyl adjacent to an activating group) is 1. The van der Waals surface area contributed by atoms with Gasteiger partial charge in [0.05, 0.1) is 4.92 Å². The predicted octanol–water partition coefficient (Wildman–Crippen LogP) is 0.523. The van der Waals surface area contributed by atoms with Crippen LogP contribution in [0.15, 0.2) is 24.3 Å². The molecule has 0 aliphatic rings. The zero-order chi connectivity index (χ0) is 11.4. The highest BCUT2D eigenvalue weighted by molar-refractivity contribution is 6.42. The van der Waals surface area contributed by atoms with Gasteiger partial charge in [-0.15, -0.1) is 0 Å². The molecule has 1 rings (SSSR count). The number of nitrogens with one attached hydrogen (secondary N) is 1. The number of non-ortho nitro benzene ring substituents is 1. The second-order valence-corrected chi connectivity index (χ2v) is 2.71. The van der Waals surface area contributed by atoms with Crippen molar-refractivity contribution in [3.05, 3.63) is 39.9 Å². The van der Waals surface area contributed by atoms with Gasteiger partial charge in [0.15, 0.2) is 0 Å². The molecule has 0 aliphatic heterocycles. The summed E-state index contributed by atoms with van der Waals surface area (Å²) < 4.78 is 0. The molecule has 0 unspecified atom stereocenters. The molecule has 15 heavy (non-hydrogen) atoms. The fraction of sp³-hybridized carbons (Fsp3) is 0.111. The lowest BCUT2D eigenvalue weighted by atomic mass is 10.1. The number of amides is 1. The van der Waals surface area contributed by atoms with Gasteiger partial charge in [0.25, 0.3) is 11.6 Å². The van der Waals surface area contributed by atoms with E-state index >= 15 is 0 Å². The summed E-state index contributed by atoms with van der Waals surface area (Å²) in [5, 5.41) is 12.5. The molecule has 78 valence electrons. The van der Waals surface area contributed by atoms with Crippen molar-refractivity contribution in [3.8, 4) is 0 Å². The van der Waals surface area contributed by atoms with Gasteiger partial charge in [-0.05, 0) is 12.1 Å². The lowest BCUT2D eigenvalue weighted by molar-refractivity contribution is -0.384. The molecule has 1 aromatic rings. The van der Waals surface area contributed by atoms with E-state index in [-0.39, 0.29) is 11.3 Å². The summed E-state index contributed by atoms with van der Waals surface area (Å²) in [4.78, 5) is 31.9. The van der Waals surface area contributed by atoms with Gasteiger partial charge in [-0.25, -0.2) is 0 Å². The van der Waals surface area contributed by atoms with Crippen molar-refractivity contribution in [3.63, 3.8) is 0 Å². The summed E-state index contributed by atoms with van der Waals surface area (Å²) in [5.41, 5.74) is 0.00315. The third-order valence-corrected chi connectivity index (χ3v) is 1.77.